The molecule has 2 N–H and O–H groups in total. The summed E-state index contributed by atoms with van der Waals surface area (Å²) in [4.78, 5) is 28.5. The van der Waals surface area contributed by atoms with E-state index in [2.05, 4.69) is 10.6 Å². The molecule has 1 fully saturated rings. The SMILES string of the molecule is O=C(NCc1ccccc1)Nc1cccc(N2CCCN(Cc3cc(F)cc(F)c3)C2=O)c1. The normalized spacial score (nSPS) is 13.7. The fraction of sp³-hybridized carbons (Fsp3) is 0.200. The van der Waals surface area contributed by atoms with E-state index in [0.717, 1.165) is 11.6 Å². The van der Waals surface area contributed by atoms with E-state index in [1.54, 1.807) is 34.1 Å². The molecule has 0 aliphatic carbocycles. The van der Waals surface area contributed by atoms with Crippen LogP contribution in [0, 0.1) is 11.6 Å². The van der Waals surface area contributed by atoms with E-state index in [1.807, 2.05) is 30.3 Å². The number of nitrogens with zero attached hydrogens (tertiary/aromatic N) is 2. The van der Waals surface area contributed by atoms with E-state index >= 15 is 0 Å². The van der Waals surface area contributed by atoms with Gasteiger partial charge in [-0.1, -0.05) is 36.4 Å². The van der Waals surface area contributed by atoms with E-state index in [4.69, 9.17) is 0 Å². The van der Waals surface area contributed by atoms with Crippen LogP contribution < -0.4 is 15.5 Å². The van der Waals surface area contributed by atoms with E-state index in [0.29, 0.717) is 43.0 Å². The van der Waals surface area contributed by atoms with Gasteiger partial charge >= 0.3 is 12.1 Å². The molecule has 0 saturated carbocycles. The first-order valence-corrected chi connectivity index (χ1v) is 10.7. The van der Waals surface area contributed by atoms with Crippen LogP contribution in [0.1, 0.15) is 17.5 Å². The number of urea groups is 2. The average Bonchev–Trinajstić information content (AvgIpc) is 2.79. The molecule has 1 aliphatic rings. The minimum absolute atomic E-state index is 0.115. The second-order valence-electron chi connectivity index (χ2n) is 7.83. The molecule has 0 atom stereocenters. The van der Waals surface area contributed by atoms with E-state index in [9.17, 15) is 18.4 Å². The van der Waals surface area contributed by atoms with Gasteiger partial charge in [-0.15, -0.1) is 0 Å². The maximum absolute atomic E-state index is 13.5. The number of rotatable bonds is 6. The Morgan fingerprint density at radius 1 is 0.879 bits per heavy atom. The molecule has 0 aromatic heterocycles. The second kappa shape index (κ2) is 10.1. The predicted octanol–water partition coefficient (Wildman–Crippen LogP) is 5.12. The number of nitrogens with one attached hydrogen (secondary N) is 2. The Bertz CT molecular complexity index is 1120. The van der Waals surface area contributed by atoms with Crippen LogP contribution in [0.2, 0.25) is 0 Å². The molecule has 4 rings (SSSR count). The first kappa shape index (κ1) is 22.3. The highest BCUT2D eigenvalue weighted by molar-refractivity contribution is 5.95. The Hall–Kier alpha value is -3.94. The van der Waals surface area contributed by atoms with Gasteiger partial charge in [-0.2, -0.15) is 0 Å². The minimum atomic E-state index is -0.671. The van der Waals surface area contributed by atoms with E-state index < -0.39 is 11.6 Å². The van der Waals surface area contributed by atoms with Crippen molar-refractivity contribution in [2.45, 2.75) is 19.5 Å². The molecule has 0 unspecified atom stereocenters. The highest BCUT2D eigenvalue weighted by Gasteiger charge is 2.27. The van der Waals surface area contributed by atoms with Crippen molar-refractivity contribution >= 4 is 23.4 Å². The molecular formula is C25H24F2N4O2. The molecule has 33 heavy (non-hydrogen) atoms. The highest BCUT2D eigenvalue weighted by atomic mass is 19.1. The van der Waals surface area contributed by atoms with Crippen molar-refractivity contribution < 1.29 is 18.4 Å². The van der Waals surface area contributed by atoms with Crippen molar-refractivity contribution in [1.29, 1.82) is 0 Å². The number of carbonyl (C=O) groups is 2. The molecule has 0 radical (unpaired) electrons. The summed E-state index contributed by atoms with van der Waals surface area (Å²) in [7, 11) is 0. The molecular weight excluding hydrogens is 426 g/mol. The van der Waals surface area contributed by atoms with Gasteiger partial charge in [-0.25, -0.2) is 18.4 Å². The summed E-state index contributed by atoms with van der Waals surface area (Å²) >= 11 is 0. The maximum atomic E-state index is 13.5. The Labute approximate surface area is 190 Å². The zero-order valence-electron chi connectivity index (χ0n) is 17.9. The quantitative estimate of drug-likeness (QED) is 0.548. The van der Waals surface area contributed by atoms with Gasteiger partial charge in [0.1, 0.15) is 11.6 Å². The molecule has 3 aromatic carbocycles. The van der Waals surface area contributed by atoms with Crippen LogP contribution in [0.4, 0.5) is 29.7 Å². The Balaban J connectivity index is 1.40. The predicted molar refractivity (Wildman–Crippen MR) is 123 cm³/mol. The molecule has 1 saturated heterocycles. The third-order valence-electron chi connectivity index (χ3n) is 5.32. The number of amides is 4. The number of halogens is 2. The molecule has 8 heteroatoms. The van der Waals surface area contributed by atoms with Gasteiger partial charge < -0.3 is 15.5 Å². The standard InChI is InChI=1S/C25H24F2N4O2/c26-20-12-19(13-21(27)14-20)17-30-10-5-11-31(25(30)33)23-9-4-8-22(15-23)29-24(32)28-16-18-6-2-1-3-7-18/h1-4,6-9,12-15H,5,10-11,16-17H2,(H2,28,29,32). The van der Waals surface area contributed by atoms with Crippen molar-refractivity contribution in [3.63, 3.8) is 0 Å². The minimum Gasteiger partial charge on any atom is -0.334 e. The number of hydrogen-bond donors (Lipinski definition) is 2. The molecule has 0 bridgehead atoms. The largest absolute Gasteiger partial charge is 0.334 e. The molecule has 0 spiro atoms. The second-order valence-corrected chi connectivity index (χ2v) is 7.83. The lowest BCUT2D eigenvalue weighted by Crippen LogP contribution is -2.49. The van der Waals surface area contributed by atoms with Crippen LogP contribution >= 0.6 is 0 Å². The van der Waals surface area contributed by atoms with Crippen molar-refractivity contribution in [2.75, 3.05) is 23.3 Å². The first-order valence-electron chi connectivity index (χ1n) is 10.7. The molecule has 4 amide bonds. The lowest BCUT2D eigenvalue weighted by atomic mass is 10.1. The summed E-state index contributed by atoms with van der Waals surface area (Å²) in [5.74, 6) is -1.34. The number of carbonyl (C=O) groups excluding carboxylic acids is 2. The average molecular weight is 450 g/mol. The van der Waals surface area contributed by atoms with Crippen molar-refractivity contribution in [3.8, 4) is 0 Å². The van der Waals surface area contributed by atoms with Gasteiger partial charge in [-0.3, -0.25) is 4.90 Å². The van der Waals surface area contributed by atoms with Crippen molar-refractivity contribution in [1.82, 2.24) is 10.2 Å². The van der Waals surface area contributed by atoms with Gasteiger partial charge in [0.25, 0.3) is 0 Å². The summed E-state index contributed by atoms with van der Waals surface area (Å²) in [6, 6.07) is 19.3. The van der Waals surface area contributed by atoms with Crippen molar-refractivity contribution in [3.05, 3.63) is 95.6 Å². The van der Waals surface area contributed by atoms with Crippen LogP contribution in [0.5, 0.6) is 0 Å². The molecule has 1 heterocycles. The van der Waals surface area contributed by atoms with Crippen LogP contribution in [0.3, 0.4) is 0 Å². The monoisotopic (exact) mass is 450 g/mol. The lowest BCUT2D eigenvalue weighted by Gasteiger charge is -2.36. The van der Waals surface area contributed by atoms with E-state index in [1.165, 1.54) is 12.1 Å². The zero-order valence-corrected chi connectivity index (χ0v) is 17.9. The van der Waals surface area contributed by atoms with Gasteiger partial charge in [0.15, 0.2) is 0 Å². The summed E-state index contributed by atoms with van der Waals surface area (Å²) in [6.45, 7) is 1.51. The first-order chi connectivity index (χ1) is 16.0. The third kappa shape index (κ3) is 5.85. The summed E-state index contributed by atoms with van der Waals surface area (Å²) in [5, 5.41) is 5.58. The number of anilines is 2. The van der Waals surface area contributed by atoms with Gasteiger partial charge in [0.2, 0.25) is 0 Å². The highest BCUT2D eigenvalue weighted by Crippen LogP contribution is 2.24. The van der Waals surface area contributed by atoms with Gasteiger partial charge in [0, 0.05) is 43.6 Å². The fourth-order valence-corrected chi connectivity index (χ4v) is 3.80. The topological polar surface area (TPSA) is 64.7 Å². The Morgan fingerprint density at radius 2 is 1.64 bits per heavy atom. The third-order valence-corrected chi connectivity index (χ3v) is 5.32. The van der Waals surface area contributed by atoms with Crippen LogP contribution in [0.25, 0.3) is 0 Å². The molecule has 170 valence electrons. The fourth-order valence-electron chi connectivity index (χ4n) is 3.80. The summed E-state index contributed by atoms with van der Waals surface area (Å²) in [5.41, 5.74) is 2.57. The van der Waals surface area contributed by atoms with Crippen LogP contribution in [-0.4, -0.2) is 30.1 Å². The summed E-state index contributed by atoms with van der Waals surface area (Å²) in [6.07, 6.45) is 0.707. The smallest absolute Gasteiger partial charge is 0.324 e. The van der Waals surface area contributed by atoms with Crippen LogP contribution in [0.15, 0.2) is 72.8 Å². The Kier molecular flexibility index (Phi) is 6.83. The lowest BCUT2D eigenvalue weighted by molar-refractivity contribution is 0.192. The van der Waals surface area contributed by atoms with Gasteiger partial charge in [-0.05, 0) is 47.9 Å². The Morgan fingerprint density at radius 3 is 2.39 bits per heavy atom. The van der Waals surface area contributed by atoms with Crippen LogP contribution in [-0.2, 0) is 13.1 Å². The zero-order chi connectivity index (χ0) is 23.2. The van der Waals surface area contributed by atoms with E-state index in [-0.39, 0.29) is 18.6 Å². The molecule has 6 nitrogen and oxygen atoms in total. The van der Waals surface area contributed by atoms with Gasteiger partial charge in [0.05, 0.1) is 0 Å². The molecule has 3 aromatic rings. The molecule has 1 aliphatic heterocycles. The number of benzene rings is 3. The number of hydrogen-bond acceptors (Lipinski definition) is 2. The summed E-state index contributed by atoms with van der Waals surface area (Å²) < 4.78 is 27.1. The maximum Gasteiger partial charge on any atom is 0.324 e. The van der Waals surface area contributed by atoms with Crippen molar-refractivity contribution in [2.24, 2.45) is 0 Å².